The smallest absolute Gasteiger partial charge is 0.407 e. The Hall–Kier alpha value is -3.44. The number of alkyl carbamates (subject to hydrolysis) is 1. The summed E-state index contributed by atoms with van der Waals surface area (Å²) in [6, 6.07) is 7.25. The summed E-state index contributed by atoms with van der Waals surface area (Å²) in [5.74, 6) is 1.24. The molecule has 0 unspecified atom stereocenters. The molecular weight excluding hydrogens is 611 g/mol. The highest BCUT2D eigenvalue weighted by molar-refractivity contribution is 6.76. The number of hydrogen-bond acceptors (Lipinski definition) is 7. The molecule has 0 bridgehead atoms. The summed E-state index contributed by atoms with van der Waals surface area (Å²) < 4.78 is 20.1. The fourth-order valence-corrected chi connectivity index (χ4v) is 6.77. The SMILES string of the molecule is Cc1ccc(OCC2CC2)c(-c2ncnc3c(C(=O)NC4CCC(NC(=O)OC(C)(C)C)CC4)c(C)n(COCC[Si](C)(C)C)c23)c1. The standard InChI is InChI=1S/C36H53N5O5Si/c1-23-9-16-29(45-20-25-10-11-25)28(19-23)31-33-32(38-21-37-31)30(24(2)41(33)22-44-17-18-47(6,7)8)34(42)39-26-12-14-27(15-13-26)40-35(43)46-36(3,4)5/h9,16,19,21,25-27H,10-15,17-18,20,22H2,1-8H3,(H,39,42)(H,40,43). The molecule has 0 atom stereocenters. The third-order valence-corrected chi connectivity index (χ3v) is 10.6. The van der Waals surface area contributed by atoms with Gasteiger partial charge in [0.05, 0.1) is 17.7 Å². The van der Waals surface area contributed by atoms with Gasteiger partial charge in [-0.15, -0.1) is 0 Å². The van der Waals surface area contributed by atoms with E-state index in [1.54, 1.807) is 6.33 Å². The second kappa shape index (κ2) is 14.4. The van der Waals surface area contributed by atoms with Crippen molar-refractivity contribution in [3.8, 4) is 17.0 Å². The van der Waals surface area contributed by atoms with Gasteiger partial charge in [-0.1, -0.05) is 31.3 Å². The third-order valence-electron chi connectivity index (χ3n) is 8.88. The summed E-state index contributed by atoms with van der Waals surface area (Å²) in [6.45, 7) is 18.2. The largest absolute Gasteiger partial charge is 0.493 e. The Morgan fingerprint density at radius 3 is 2.30 bits per heavy atom. The minimum atomic E-state index is -1.29. The van der Waals surface area contributed by atoms with Gasteiger partial charge in [-0.05, 0) is 97.2 Å². The molecule has 0 spiro atoms. The van der Waals surface area contributed by atoms with Gasteiger partial charge < -0.3 is 29.4 Å². The Labute approximate surface area is 280 Å². The van der Waals surface area contributed by atoms with Gasteiger partial charge in [0.1, 0.15) is 35.6 Å². The first-order valence-electron chi connectivity index (χ1n) is 17.1. The van der Waals surface area contributed by atoms with E-state index in [4.69, 9.17) is 24.2 Å². The molecule has 5 rings (SSSR count). The van der Waals surface area contributed by atoms with Crippen LogP contribution in [0, 0.1) is 19.8 Å². The first-order chi connectivity index (χ1) is 22.2. The van der Waals surface area contributed by atoms with Crippen molar-refractivity contribution < 1.29 is 23.8 Å². The lowest BCUT2D eigenvalue weighted by Crippen LogP contribution is -2.45. The molecule has 2 N–H and O–H groups in total. The van der Waals surface area contributed by atoms with Crippen molar-refractivity contribution in [3.05, 3.63) is 41.3 Å². The van der Waals surface area contributed by atoms with E-state index in [1.807, 2.05) is 33.8 Å². The number of fused-ring (bicyclic) bond motifs is 1. The van der Waals surface area contributed by atoms with Crippen LogP contribution < -0.4 is 15.4 Å². The molecule has 47 heavy (non-hydrogen) atoms. The van der Waals surface area contributed by atoms with Gasteiger partial charge in [-0.3, -0.25) is 4.79 Å². The average molecular weight is 664 g/mol. The molecule has 2 saturated carbocycles. The minimum absolute atomic E-state index is 0.00881. The molecule has 0 aliphatic heterocycles. The molecule has 2 fully saturated rings. The molecule has 3 aromatic rings. The Morgan fingerprint density at radius 2 is 1.66 bits per heavy atom. The molecule has 2 aliphatic rings. The Bertz CT molecular complexity index is 1580. The number of nitrogens with zero attached hydrogens (tertiary/aromatic N) is 3. The molecular formula is C36H53N5O5Si. The number of hydrogen-bond donors (Lipinski definition) is 2. The zero-order valence-corrected chi connectivity index (χ0v) is 30.5. The van der Waals surface area contributed by atoms with Crippen LogP contribution in [0.25, 0.3) is 22.3 Å². The Balaban J connectivity index is 1.41. The Morgan fingerprint density at radius 1 is 0.979 bits per heavy atom. The van der Waals surface area contributed by atoms with Crippen LogP contribution in [0.2, 0.25) is 25.7 Å². The van der Waals surface area contributed by atoms with Gasteiger partial charge in [0.25, 0.3) is 5.91 Å². The summed E-state index contributed by atoms with van der Waals surface area (Å²) in [4.78, 5) is 35.8. The summed E-state index contributed by atoms with van der Waals surface area (Å²) in [5.41, 5.74) is 4.89. The van der Waals surface area contributed by atoms with Crippen molar-refractivity contribution in [1.29, 1.82) is 0 Å². The number of amides is 2. The van der Waals surface area contributed by atoms with E-state index >= 15 is 0 Å². The molecule has 2 amide bonds. The van der Waals surface area contributed by atoms with Crippen LogP contribution in [0.3, 0.4) is 0 Å². The van der Waals surface area contributed by atoms with Crippen molar-refractivity contribution in [3.63, 3.8) is 0 Å². The Kier molecular flexibility index (Phi) is 10.7. The van der Waals surface area contributed by atoms with Crippen molar-refractivity contribution in [1.82, 2.24) is 25.2 Å². The van der Waals surface area contributed by atoms with Gasteiger partial charge in [0.15, 0.2) is 0 Å². The molecule has 2 heterocycles. The van der Waals surface area contributed by atoms with E-state index in [0.29, 0.717) is 36.9 Å². The summed E-state index contributed by atoms with van der Waals surface area (Å²) >= 11 is 0. The lowest BCUT2D eigenvalue weighted by molar-refractivity contribution is 0.0487. The first kappa shape index (κ1) is 34.9. The highest BCUT2D eigenvalue weighted by Crippen LogP contribution is 2.38. The maximum Gasteiger partial charge on any atom is 0.407 e. The predicted molar refractivity (Wildman–Crippen MR) is 188 cm³/mol. The van der Waals surface area contributed by atoms with Gasteiger partial charge in [0.2, 0.25) is 0 Å². The summed E-state index contributed by atoms with van der Waals surface area (Å²) in [7, 11) is -1.29. The van der Waals surface area contributed by atoms with Crippen LogP contribution >= 0.6 is 0 Å². The molecule has 0 radical (unpaired) electrons. The highest BCUT2D eigenvalue weighted by atomic mass is 28.3. The second-order valence-corrected chi connectivity index (χ2v) is 21.2. The number of carbonyl (C=O) groups is 2. The van der Waals surface area contributed by atoms with E-state index in [-0.39, 0.29) is 18.0 Å². The van der Waals surface area contributed by atoms with Crippen molar-refractivity contribution in [2.75, 3.05) is 13.2 Å². The zero-order valence-electron chi connectivity index (χ0n) is 29.5. The number of aromatic nitrogens is 3. The number of nitrogens with one attached hydrogen (secondary N) is 2. The fraction of sp³-hybridized carbons (Fsp3) is 0.611. The van der Waals surface area contributed by atoms with Crippen LogP contribution in [0.4, 0.5) is 4.79 Å². The molecule has 2 aromatic heterocycles. The van der Waals surface area contributed by atoms with Crippen LogP contribution in [-0.4, -0.2) is 65.5 Å². The third kappa shape index (κ3) is 9.34. The van der Waals surface area contributed by atoms with E-state index in [9.17, 15) is 9.59 Å². The number of rotatable bonds is 12. The topological polar surface area (TPSA) is 117 Å². The normalized spacial score (nSPS) is 18.6. The molecule has 0 saturated heterocycles. The highest BCUT2D eigenvalue weighted by Gasteiger charge is 2.30. The van der Waals surface area contributed by atoms with Crippen LogP contribution in [-0.2, 0) is 16.2 Å². The van der Waals surface area contributed by atoms with Crippen molar-refractivity contribution in [2.24, 2.45) is 5.92 Å². The van der Waals surface area contributed by atoms with E-state index in [0.717, 1.165) is 65.5 Å². The van der Waals surface area contributed by atoms with E-state index < -0.39 is 19.8 Å². The minimum Gasteiger partial charge on any atom is -0.493 e. The second-order valence-electron chi connectivity index (χ2n) is 15.6. The number of ether oxygens (including phenoxy) is 3. The molecule has 11 heteroatoms. The van der Waals surface area contributed by atoms with Gasteiger partial charge in [0, 0.05) is 38.0 Å². The van der Waals surface area contributed by atoms with Crippen molar-refractivity contribution >= 4 is 31.1 Å². The molecule has 1 aromatic carbocycles. The number of carbonyl (C=O) groups excluding carboxylic acids is 2. The first-order valence-corrected chi connectivity index (χ1v) is 20.8. The van der Waals surface area contributed by atoms with Crippen LogP contribution in [0.5, 0.6) is 5.75 Å². The summed E-state index contributed by atoms with van der Waals surface area (Å²) in [5, 5.41) is 6.27. The van der Waals surface area contributed by atoms with E-state index in [2.05, 4.69) is 53.9 Å². The van der Waals surface area contributed by atoms with E-state index in [1.165, 1.54) is 12.8 Å². The molecule has 2 aliphatic carbocycles. The zero-order chi connectivity index (χ0) is 33.9. The van der Waals surface area contributed by atoms with Gasteiger partial charge >= 0.3 is 6.09 Å². The van der Waals surface area contributed by atoms with Gasteiger partial charge in [-0.2, -0.15) is 0 Å². The predicted octanol–water partition coefficient (Wildman–Crippen LogP) is 7.38. The van der Waals surface area contributed by atoms with Gasteiger partial charge in [-0.25, -0.2) is 14.8 Å². The molecule has 10 nitrogen and oxygen atoms in total. The maximum atomic E-state index is 14.1. The van der Waals surface area contributed by atoms with Crippen LogP contribution in [0.1, 0.15) is 80.9 Å². The number of aryl methyl sites for hydroxylation is 1. The fourth-order valence-electron chi connectivity index (χ4n) is 6.02. The van der Waals surface area contributed by atoms with Crippen LogP contribution in [0.15, 0.2) is 24.5 Å². The maximum absolute atomic E-state index is 14.1. The summed E-state index contributed by atoms with van der Waals surface area (Å²) in [6.07, 6.45) is 6.60. The molecule has 256 valence electrons. The number of benzene rings is 1. The lowest BCUT2D eigenvalue weighted by atomic mass is 9.91. The monoisotopic (exact) mass is 663 g/mol. The lowest BCUT2D eigenvalue weighted by Gasteiger charge is -2.30. The quantitative estimate of drug-likeness (QED) is 0.153. The van der Waals surface area contributed by atoms with Crippen molar-refractivity contribution in [2.45, 2.75) is 123 Å². The average Bonchev–Trinajstić information content (AvgIpc) is 3.76.